The average molecular weight is 496 g/mol. The molecule has 2 aromatic rings. The van der Waals surface area contributed by atoms with Crippen molar-refractivity contribution in [3.05, 3.63) is 65.2 Å². The number of carbonyl (C=O) groups is 1. The lowest BCUT2D eigenvalue weighted by molar-refractivity contribution is -0.120. The quantitative estimate of drug-likeness (QED) is 0.299. The number of amides is 1. The van der Waals surface area contributed by atoms with E-state index in [0.717, 1.165) is 23.4 Å². The van der Waals surface area contributed by atoms with Crippen molar-refractivity contribution >= 4 is 35.8 Å². The number of aryl methyl sites for hydroxylation is 1. The van der Waals surface area contributed by atoms with Gasteiger partial charge >= 0.3 is 0 Å². The zero-order valence-corrected chi connectivity index (χ0v) is 18.9. The van der Waals surface area contributed by atoms with Gasteiger partial charge in [0.15, 0.2) is 5.96 Å². The molecule has 2 rings (SSSR count). The van der Waals surface area contributed by atoms with Crippen LogP contribution in [0.15, 0.2) is 53.5 Å². The Labute approximate surface area is 184 Å². The Balaban J connectivity index is 0.00000392. The van der Waals surface area contributed by atoms with Crippen LogP contribution in [-0.4, -0.2) is 32.1 Å². The van der Waals surface area contributed by atoms with Gasteiger partial charge in [0.2, 0.25) is 5.91 Å². The van der Waals surface area contributed by atoms with Gasteiger partial charge in [0.25, 0.3) is 0 Å². The number of benzene rings is 2. The Bertz CT molecular complexity index is 746. The van der Waals surface area contributed by atoms with Crippen molar-refractivity contribution in [3.8, 4) is 5.75 Å². The maximum absolute atomic E-state index is 12.1. The molecule has 0 aliphatic carbocycles. The van der Waals surface area contributed by atoms with E-state index in [1.807, 2.05) is 31.2 Å². The molecule has 0 radical (unpaired) electrons. The van der Waals surface area contributed by atoms with E-state index in [2.05, 4.69) is 52.1 Å². The second-order valence-electron chi connectivity index (χ2n) is 6.16. The van der Waals surface area contributed by atoms with Crippen molar-refractivity contribution in [3.63, 3.8) is 0 Å². The van der Waals surface area contributed by atoms with Gasteiger partial charge in [-0.05, 0) is 37.1 Å². The Morgan fingerprint density at radius 1 is 0.964 bits per heavy atom. The number of guanidine groups is 1. The van der Waals surface area contributed by atoms with Crippen LogP contribution in [-0.2, 0) is 17.9 Å². The maximum atomic E-state index is 12.1. The normalized spacial score (nSPS) is 10.6. The summed E-state index contributed by atoms with van der Waals surface area (Å²) in [5, 5.41) is 9.10. The van der Waals surface area contributed by atoms with E-state index in [0.29, 0.717) is 19.0 Å². The molecule has 28 heavy (non-hydrogen) atoms. The molecule has 0 bridgehead atoms. The Kier molecular flexibility index (Phi) is 11.0. The molecule has 2 aromatic carbocycles. The fraction of sp³-hybridized carbons (Fsp3) is 0.333. The standard InChI is InChI=1S/C21H28N4O2.HI/c1-4-22-21(24-14-17-7-5-16(2)6-8-17)25-15-20(26)23-13-18-9-11-19(27-3)12-10-18;/h5-12H,4,13-15H2,1-3H3,(H,23,26)(H2,22,24,25);1H. The molecular formula is C21H29IN4O2. The van der Waals surface area contributed by atoms with E-state index in [1.54, 1.807) is 7.11 Å². The number of ether oxygens (including phenoxy) is 1. The van der Waals surface area contributed by atoms with Crippen molar-refractivity contribution in [2.24, 2.45) is 4.99 Å². The lowest BCUT2D eigenvalue weighted by Crippen LogP contribution is -2.43. The number of methoxy groups -OCH3 is 1. The predicted molar refractivity (Wildman–Crippen MR) is 124 cm³/mol. The third kappa shape index (κ3) is 8.60. The number of carbonyl (C=O) groups excluding carboxylic acids is 1. The monoisotopic (exact) mass is 496 g/mol. The van der Waals surface area contributed by atoms with E-state index in [1.165, 1.54) is 5.56 Å². The molecule has 3 N–H and O–H groups in total. The van der Waals surface area contributed by atoms with Crippen LogP contribution in [0.2, 0.25) is 0 Å². The summed E-state index contributed by atoms with van der Waals surface area (Å²) >= 11 is 0. The largest absolute Gasteiger partial charge is 0.497 e. The Morgan fingerprint density at radius 2 is 1.61 bits per heavy atom. The summed E-state index contributed by atoms with van der Waals surface area (Å²) in [6, 6.07) is 15.9. The molecule has 0 aliphatic rings. The van der Waals surface area contributed by atoms with Gasteiger partial charge in [-0.3, -0.25) is 4.79 Å². The third-order valence-electron chi connectivity index (χ3n) is 3.95. The molecule has 0 spiro atoms. The molecule has 0 aliphatic heterocycles. The van der Waals surface area contributed by atoms with E-state index in [4.69, 9.17) is 4.74 Å². The molecule has 152 valence electrons. The highest BCUT2D eigenvalue weighted by Gasteiger charge is 2.04. The lowest BCUT2D eigenvalue weighted by Gasteiger charge is -2.12. The Hall–Kier alpha value is -2.29. The van der Waals surface area contributed by atoms with Crippen LogP contribution in [0.1, 0.15) is 23.6 Å². The van der Waals surface area contributed by atoms with Crippen LogP contribution in [0.25, 0.3) is 0 Å². The fourth-order valence-corrected chi connectivity index (χ4v) is 2.38. The van der Waals surface area contributed by atoms with Crippen molar-refractivity contribution in [2.45, 2.75) is 26.9 Å². The molecule has 1 amide bonds. The van der Waals surface area contributed by atoms with Gasteiger partial charge in [-0.15, -0.1) is 24.0 Å². The molecule has 0 aromatic heterocycles. The first-order valence-corrected chi connectivity index (χ1v) is 9.08. The van der Waals surface area contributed by atoms with Gasteiger partial charge in [-0.25, -0.2) is 4.99 Å². The number of halogens is 1. The highest BCUT2D eigenvalue weighted by atomic mass is 127. The lowest BCUT2D eigenvalue weighted by atomic mass is 10.1. The minimum Gasteiger partial charge on any atom is -0.497 e. The van der Waals surface area contributed by atoms with Crippen LogP contribution >= 0.6 is 24.0 Å². The number of nitrogens with one attached hydrogen (secondary N) is 3. The molecule has 6 nitrogen and oxygen atoms in total. The van der Waals surface area contributed by atoms with Gasteiger partial charge in [0.1, 0.15) is 5.75 Å². The predicted octanol–water partition coefficient (Wildman–Crippen LogP) is 2.99. The summed E-state index contributed by atoms with van der Waals surface area (Å²) in [6.07, 6.45) is 0. The topological polar surface area (TPSA) is 74.8 Å². The molecule has 0 atom stereocenters. The molecule has 0 unspecified atom stereocenters. The van der Waals surface area contributed by atoms with Crippen LogP contribution in [0.3, 0.4) is 0 Å². The number of hydrogen-bond donors (Lipinski definition) is 3. The minimum absolute atomic E-state index is 0. The number of nitrogens with zero attached hydrogens (tertiary/aromatic N) is 1. The SMILES string of the molecule is CCNC(=NCc1ccc(C)cc1)NCC(=O)NCc1ccc(OC)cc1.I. The first kappa shape index (κ1) is 23.7. The number of rotatable bonds is 8. The zero-order chi connectivity index (χ0) is 19.5. The molecule has 7 heteroatoms. The third-order valence-corrected chi connectivity index (χ3v) is 3.95. The number of aliphatic imine (C=N–C) groups is 1. The summed E-state index contributed by atoms with van der Waals surface area (Å²) in [6.45, 7) is 5.98. The van der Waals surface area contributed by atoms with Gasteiger partial charge in [-0.2, -0.15) is 0 Å². The average Bonchev–Trinajstić information content (AvgIpc) is 2.70. The van der Waals surface area contributed by atoms with Crippen LogP contribution < -0.4 is 20.7 Å². The first-order chi connectivity index (χ1) is 13.1. The van der Waals surface area contributed by atoms with Crippen molar-refractivity contribution in [2.75, 3.05) is 20.2 Å². The molecular weight excluding hydrogens is 467 g/mol. The van der Waals surface area contributed by atoms with E-state index >= 15 is 0 Å². The smallest absolute Gasteiger partial charge is 0.239 e. The summed E-state index contributed by atoms with van der Waals surface area (Å²) < 4.78 is 5.13. The summed E-state index contributed by atoms with van der Waals surface area (Å²) in [4.78, 5) is 16.6. The van der Waals surface area contributed by atoms with E-state index in [9.17, 15) is 4.79 Å². The highest BCUT2D eigenvalue weighted by molar-refractivity contribution is 14.0. The Morgan fingerprint density at radius 3 is 2.21 bits per heavy atom. The van der Waals surface area contributed by atoms with Gasteiger partial charge in [0.05, 0.1) is 20.2 Å². The van der Waals surface area contributed by atoms with Crippen LogP contribution in [0.4, 0.5) is 0 Å². The van der Waals surface area contributed by atoms with Crippen molar-refractivity contribution in [1.82, 2.24) is 16.0 Å². The zero-order valence-electron chi connectivity index (χ0n) is 16.6. The van der Waals surface area contributed by atoms with Crippen LogP contribution in [0, 0.1) is 6.92 Å². The first-order valence-electron chi connectivity index (χ1n) is 9.08. The summed E-state index contributed by atoms with van der Waals surface area (Å²) in [5.41, 5.74) is 3.37. The molecule has 0 saturated heterocycles. The van der Waals surface area contributed by atoms with Crippen molar-refractivity contribution < 1.29 is 9.53 Å². The van der Waals surface area contributed by atoms with Crippen molar-refractivity contribution in [1.29, 1.82) is 0 Å². The number of hydrogen-bond acceptors (Lipinski definition) is 3. The fourth-order valence-electron chi connectivity index (χ4n) is 2.38. The summed E-state index contributed by atoms with van der Waals surface area (Å²) in [5.74, 6) is 1.33. The van der Waals surface area contributed by atoms with Gasteiger partial charge in [0, 0.05) is 13.1 Å². The highest BCUT2D eigenvalue weighted by Crippen LogP contribution is 2.10. The molecule has 0 fully saturated rings. The van der Waals surface area contributed by atoms with E-state index < -0.39 is 0 Å². The summed E-state index contributed by atoms with van der Waals surface area (Å²) in [7, 11) is 1.63. The maximum Gasteiger partial charge on any atom is 0.239 e. The molecule has 0 saturated carbocycles. The van der Waals surface area contributed by atoms with E-state index in [-0.39, 0.29) is 36.4 Å². The second-order valence-corrected chi connectivity index (χ2v) is 6.16. The molecule has 0 heterocycles. The van der Waals surface area contributed by atoms with Gasteiger partial charge in [-0.1, -0.05) is 42.0 Å². The minimum atomic E-state index is -0.0910. The van der Waals surface area contributed by atoms with Gasteiger partial charge < -0.3 is 20.7 Å². The van der Waals surface area contributed by atoms with Crippen LogP contribution in [0.5, 0.6) is 5.75 Å². The second kappa shape index (κ2) is 13.0.